The van der Waals surface area contributed by atoms with Gasteiger partial charge in [0.2, 0.25) is 11.8 Å². The summed E-state index contributed by atoms with van der Waals surface area (Å²) in [6, 6.07) is -0.951. The SMILES string of the molecule is CCCC[C@@H](C)[C@@H](O)C(C(N)=O)N(C)C(=O)CC(C)C. The van der Waals surface area contributed by atoms with Crippen molar-refractivity contribution in [2.24, 2.45) is 17.6 Å². The van der Waals surface area contributed by atoms with Crippen LogP contribution >= 0.6 is 0 Å². The number of nitrogens with zero attached hydrogens (tertiary/aromatic N) is 1. The molecule has 0 radical (unpaired) electrons. The van der Waals surface area contributed by atoms with Crippen LogP contribution in [0.2, 0.25) is 0 Å². The Bertz CT molecular complexity index is 318. The molecule has 5 heteroatoms. The molecule has 0 aromatic rings. The Morgan fingerprint density at radius 2 is 1.80 bits per heavy atom. The molecule has 1 unspecified atom stereocenters. The average molecular weight is 286 g/mol. The van der Waals surface area contributed by atoms with Crippen molar-refractivity contribution in [2.75, 3.05) is 7.05 Å². The Hall–Kier alpha value is -1.10. The Kier molecular flexibility index (Phi) is 8.46. The molecule has 118 valence electrons. The van der Waals surface area contributed by atoms with Gasteiger partial charge in [-0.2, -0.15) is 0 Å². The summed E-state index contributed by atoms with van der Waals surface area (Å²) < 4.78 is 0. The molecule has 0 aliphatic heterocycles. The molecule has 0 spiro atoms. The van der Waals surface area contributed by atoms with Crippen LogP contribution in [-0.2, 0) is 9.59 Å². The number of unbranched alkanes of at least 4 members (excludes halogenated alkanes) is 1. The van der Waals surface area contributed by atoms with E-state index in [1.807, 2.05) is 20.8 Å². The van der Waals surface area contributed by atoms with Crippen molar-refractivity contribution in [3.05, 3.63) is 0 Å². The number of amides is 2. The van der Waals surface area contributed by atoms with Gasteiger partial charge in [0.1, 0.15) is 6.04 Å². The van der Waals surface area contributed by atoms with Crippen LogP contribution in [0.5, 0.6) is 0 Å². The molecule has 0 bridgehead atoms. The molecule has 0 aromatic carbocycles. The number of carbonyl (C=O) groups excluding carboxylic acids is 2. The third kappa shape index (κ3) is 5.90. The van der Waals surface area contributed by atoms with E-state index in [-0.39, 0.29) is 17.7 Å². The highest BCUT2D eigenvalue weighted by Crippen LogP contribution is 2.19. The summed E-state index contributed by atoms with van der Waals surface area (Å²) in [7, 11) is 1.54. The summed E-state index contributed by atoms with van der Waals surface area (Å²) in [4.78, 5) is 25.0. The fourth-order valence-electron chi connectivity index (χ4n) is 2.24. The Morgan fingerprint density at radius 1 is 1.25 bits per heavy atom. The van der Waals surface area contributed by atoms with E-state index in [1.165, 1.54) is 11.9 Å². The van der Waals surface area contributed by atoms with Crippen molar-refractivity contribution < 1.29 is 14.7 Å². The maximum atomic E-state index is 12.0. The van der Waals surface area contributed by atoms with E-state index in [1.54, 1.807) is 0 Å². The monoisotopic (exact) mass is 286 g/mol. The van der Waals surface area contributed by atoms with E-state index in [9.17, 15) is 14.7 Å². The number of primary amides is 1. The average Bonchev–Trinajstić information content (AvgIpc) is 2.34. The number of hydrogen-bond donors (Lipinski definition) is 2. The van der Waals surface area contributed by atoms with Gasteiger partial charge in [-0.05, 0) is 18.3 Å². The van der Waals surface area contributed by atoms with Crippen molar-refractivity contribution in [2.45, 2.75) is 65.5 Å². The van der Waals surface area contributed by atoms with Crippen LogP contribution in [0.1, 0.15) is 53.4 Å². The summed E-state index contributed by atoms with van der Waals surface area (Å²) in [6.07, 6.45) is 2.25. The number of aliphatic hydroxyl groups is 1. The number of likely N-dealkylation sites (N-methyl/N-ethyl adjacent to an activating group) is 1. The second-order valence-corrected chi connectivity index (χ2v) is 6.06. The summed E-state index contributed by atoms with van der Waals surface area (Å²) >= 11 is 0. The highest BCUT2D eigenvalue weighted by molar-refractivity contribution is 5.87. The second kappa shape index (κ2) is 8.95. The van der Waals surface area contributed by atoms with Gasteiger partial charge in [-0.15, -0.1) is 0 Å². The Balaban J connectivity index is 4.86. The standard InChI is InChI=1S/C15H30N2O3/c1-6-7-8-11(4)14(19)13(15(16)20)17(5)12(18)9-10(2)3/h10-11,13-14,19H,6-9H2,1-5H3,(H2,16,20)/t11-,13?,14-/m1/s1. The highest BCUT2D eigenvalue weighted by Gasteiger charge is 2.34. The third-order valence-electron chi connectivity index (χ3n) is 3.60. The predicted octanol–water partition coefficient (Wildman–Crippen LogP) is 1.53. The lowest BCUT2D eigenvalue weighted by Crippen LogP contribution is -2.54. The van der Waals surface area contributed by atoms with E-state index in [0.717, 1.165) is 19.3 Å². The Morgan fingerprint density at radius 3 is 2.20 bits per heavy atom. The van der Waals surface area contributed by atoms with Crippen molar-refractivity contribution in [1.82, 2.24) is 4.90 Å². The molecule has 0 heterocycles. The van der Waals surface area contributed by atoms with Gasteiger partial charge in [-0.1, -0.05) is 40.5 Å². The van der Waals surface area contributed by atoms with Crippen LogP contribution < -0.4 is 5.73 Å². The number of carbonyl (C=O) groups is 2. The summed E-state index contributed by atoms with van der Waals surface area (Å²) in [5, 5.41) is 10.3. The van der Waals surface area contributed by atoms with Crippen molar-refractivity contribution in [3.8, 4) is 0 Å². The van der Waals surface area contributed by atoms with Crippen LogP contribution in [0.3, 0.4) is 0 Å². The van der Waals surface area contributed by atoms with Crippen LogP contribution in [0, 0.1) is 11.8 Å². The zero-order valence-corrected chi connectivity index (χ0v) is 13.4. The van der Waals surface area contributed by atoms with Gasteiger partial charge in [-0.3, -0.25) is 9.59 Å². The first-order chi connectivity index (χ1) is 9.22. The van der Waals surface area contributed by atoms with Gasteiger partial charge < -0.3 is 15.7 Å². The van der Waals surface area contributed by atoms with Crippen molar-refractivity contribution >= 4 is 11.8 Å². The molecule has 5 nitrogen and oxygen atoms in total. The molecule has 0 saturated heterocycles. The molecule has 3 atom stereocenters. The number of hydrogen-bond acceptors (Lipinski definition) is 3. The fourth-order valence-corrected chi connectivity index (χ4v) is 2.24. The molecule has 0 aliphatic carbocycles. The molecule has 0 rings (SSSR count). The number of rotatable bonds is 9. The molecule has 0 aromatic heterocycles. The van der Waals surface area contributed by atoms with Crippen LogP contribution in [-0.4, -0.2) is 41.0 Å². The maximum absolute atomic E-state index is 12.0. The van der Waals surface area contributed by atoms with E-state index >= 15 is 0 Å². The van der Waals surface area contributed by atoms with E-state index in [0.29, 0.717) is 6.42 Å². The molecule has 20 heavy (non-hydrogen) atoms. The van der Waals surface area contributed by atoms with Gasteiger partial charge in [0.05, 0.1) is 6.10 Å². The zero-order chi connectivity index (χ0) is 15.9. The molecule has 0 saturated carbocycles. The fraction of sp³-hybridized carbons (Fsp3) is 0.867. The normalized spacial score (nSPS) is 15.8. The molecular weight excluding hydrogens is 256 g/mol. The van der Waals surface area contributed by atoms with Gasteiger partial charge in [-0.25, -0.2) is 0 Å². The lowest BCUT2D eigenvalue weighted by atomic mass is 9.91. The number of aliphatic hydroxyl groups excluding tert-OH is 1. The highest BCUT2D eigenvalue weighted by atomic mass is 16.3. The summed E-state index contributed by atoms with van der Waals surface area (Å²) in [5.74, 6) is -0.680. The van der Waals surface area contributed by atoms with Gasteiger partial charge in [0.15, 0.2) is 0 Å². The van der Waals surface area contributed by atoms with Crippen LogP contribution in [0.15, 0.2) is 0 Å². The van der Waals surface area contributed by atoms with E-state index in [4.69, 9.17) is 5.73 Å². The Labute approximate surface area is 122 Å². The smallest absolute Gasteiger partial charge is 0.242 e. The van der Waals surface area contributed by atoms with Crippen LogP contribution in [0.4, 0.5) is 0 Å². The lowest BCUT2D eigenvalue weighted by Gasteiger charge is -2.33. The van der Waals surface area contributed by atoms with E-state index < -0.39 is 18.1 Å². The molecule has 3 N–H and O–H groups in total. The van der Waals surface area contributed by atoms with Gasteiger partial charge in [0.25, 0.3) is 0 Å². The van der Waals surface area contributed by atoms with Crippen LogP contribution in [0.25, 0.3) is 0 Å². The lowest BCUT2D eigenvalue weighted by molar-refractivity contribution is -0.143. The molecular formula is C15H30N2O3. The summed E-state index contributed by atoms with van der Waals surface area (Å²) in [6.45, 7) is 7.83. The quantitative estimate of drug-likeness (QED) is 0.674. The maximum Gasteiger partial charge on any atom is 0.242 e. The topological polar surface area (TPSA) is 83.6 Å². The van der Waals surface area contributed by atoms with Gasteiger partial charge >= 0.3 is 0 Å². The van der Waals surface area contributed by atoms with Gasteiger partial charge in [0, 0.05) is 13.5 Å². The minimum atomic E-state index is -0.951. The van der Waals surface area contributed by atoms with Crippen molar-refractivity contribution in [3.63, 3.8) is 0 Å². The van der Waals surface area contributed by atoms with E-state index in [2.05, 4.69) is 6.92 Å². The third-order valence-corrected chi connectivity index (χ3v) is 3.60. The minimum absolute atomic E-state index is 0.0678. The first-order valence-corrected chi connectivity index (χ1v) is 7.45. The first kappa shape index (κ1) is 18.9. The largest absolute Gasteiger partial charge is 0.390 e. The molecule has 0 fully saturated rings. The second-order valence-electron chi connectivity index (χ2n) is 6.06. The molecule has 0 aliphatic rings. The first-order valence-electron chi connectivity index (χ1n) is 7.45. The van der Waals surface area contributed by atoms with Crippen molar-refractivity contribution in [1.29, 1.82) is 0 Å². The molecule has 2 amide bonds. The zero-order valence-electron chi connectivity index (χ0n) is 13.4. The predicted molar refractivity (Wildman–Crippen MR) is 79.9 cm³/mol. The number of nitrogens with two attached hydrogens (primary N) is 1. The summed E-state index contributed by atoms with van der Waals surface area (Å²) in [5.41, 5.74) is 5.38. The minimum Gasteiger partial charge on any atom is -0.390 e.